The first-order valence-corrected chi connectivity index (χ1v) is 10.6. The van der Waals surface area contributed by atoms with Crippen LogP contribution in [-0.2, 0) is 5.41 Å². The highest BCUT2D eigenvalue weighted by atomic mass is 35.5. The lowest BCUT2D eigenvalue weighted by atomic mass is 9.80. The van der Waals surface area contributed by atoms with Crippen molar-refractivity contribution >= 4 is 23.3 Å². The van der Waals surface area contributed by atoms with Gasteiger partial charge in [0, 0.05) is 18.5 Å². The van der Waals surface area contributed by atoms with Crippen LogP contribution < -0.4 is 5.32 Å². The molecule has 6 nitrogen and oxygen atoms in total. The van der Waals surface area contributed by atoms with Gasteiger partial charge in [0.25, 0.3) is 0 Å². The summed E-state index contributed by atoms with van der Waals surface area (Å²) in [6.07, 6.45) is 3.34. The Kier molecular flexibility index (Phi) is 4.53. The van der Waals surface area contributed by atoms with Gasteiger partial charge in [-0.25, -0.2) is 9.18 Å². The minimum absolute atomic E-state index is 0.130. The monoisotopic (exact) mass is 418 g/mol. The van der Waals surface area contributed by atoms with Gasteiger partial charge >= 0.3 is 6.03 Å². The SMILES string of the molecule is CC1(c2noc([C@@H]3C[C@@H]3F)n2)CCN(C(=O)Nc2c(Cl)cccc2C2CC2)CC1. The van der Waals surface area contributed by atoms with E-state index in [-0.39, 0.29) is 17.4 Å². The molecule has 2 aliphatic carbocycles. The van der Waals surface area contributed by atoms with Gasteiger partial charge in [-0.05, 0) is 49.7 Å². The third-order valence-electron chi connectivity index (χ3n) is 6.46. The average Bonchev–Trinajstić information content (AvgIpc) is 3.62. The van der Waals surface area contributed by atoms with Gasteiger partial charge in [-0.15, -0.1) is 0 Å². The number of piperidine rings is 1. The van der Waals surface area contributed by atoms with E-state index in [1.54, 1.807) is 4.90 Å². The molecule has 5 rings (SSSR count). The van der Waals surface area contributed by atoms with Crippen LogP contribution in [0, 0.1) is 0 Å². The number of rotatable bonds is 4. The van der Waals surface area contributed by atoms with Crippen LogP contribution in [0.3, 0.4) is 0 Å². The van der Waals surface area contributed by atoms with Crippen LogP contribution in [0.2, 0.25) is 5.02 Å². The van der Waals surface area contributed by atoms with Gasteiger partial charge in [-0.1, -0.05) is 35.8 Å². The summed E-state index contributed by atoms with van der Waals surface area (Å²) in [7, 11) is 0. The summed E-state index contributed by atoms with van der Waals surface area (Å²) in [5, 5.41) is 7.72. The summed E-state index contributed by atoms with van der Waals surface area (Å²) in [5.74, 6) is 1.28. The van der Waals surface area contributed by atoms with E-state index in [9.17, 15) is 9.18 Å². The van der Waals surface area contributed by atoms with E-state index in [1.807, 2.05) is 18.2 Å². The third kappa shape index (κ3) is 3.61. The standard InChI is InChI=1S/C21H24ClFN4O2/c1-21(19-25-18(29-26-19)14-11-16(14)23)7-9-27(10-8-21)20(28)24-17-13(12-5-6-12)3-2-4-15(17)22/h2-4,12,14,16H,5-11H2,1H3,(H,24,28)/t14-,16+/m1/s1. The number of anilines is 1. The van der Waals surface area contributed by atoms with E-state index in [0.717, 1.165) is 36.9 Å². The lowest BCUT2D eigenvalue weighted by Gasteiger charge is -2.37. The first-order chi connectivity index (χ1) is 13.9. The molecule has 1 aromatic carbocycles. The second-order valence-corrected chi connectivity index (χ2v) is 9.18. The molecule has 2 aromatic rings. The molecule has 3 aliphatic rings. The molecular formula is C21H24ClFN4O2. The van der Waals surface area contributed by atoms with E-state index in [2.05, 4.69) is 22.4 Å². The summed E-state index contributed by atoms with van der Waals surface area (Å²) in [5.41, 5.74) is 1.59. The van der Waals surface area contributed by atoms with E-state index in [0.29, 0.717) is 42.2 Å². The minimum Gasteiger partial charge on any atom is -0.339 e. The van der Waals surface area contributed by atoms with Gasteiger partial charge in [0.05, 0.1) is 16.6 Å². The molecule has 1 N–H and O–H groups in total. The zero-order valence-corrected chi connectivity index (χ0v) is 17.1. The normalized spacial score (nSPS) is 25.7. The number of nitrogens with zero attached hydrogens (tertiary/aromatic N) is 3. The van der Waals surface area contributed by atoms with E-state index in [1.165, 1.54) is 0 Å². The maximum atomic E-state index is 13.2. The van der Waals surface area contributed by atoms with Gasteiger partial charge in [0.1, 0.15) is 6.17 Å². The van der Waals surface area contributed by atoms with Crippen molar-refractivity contribution in [3.8, 4) is 0 Å². The van der Waals surface area contributed by atoms with Crippen molar-refractivity contribution in [1.29, 1.82) is 0 Å². The van der Waals surface area contributed by atoms with Gasteiger partial charge in [-0.2, -0.15) is 4.98 Å². The predicted octanol–water partition coefficient (Wildman–Crippen LogP) is 5.01. The lowest BCUT2D eigenvalue weighted by molar-refractivity contribution is 0.169. The van der Waals surface area contributed by atoms with Crippen molar-refractivity contribution in [3.05, 3.63) is 40.5 Å². The summed E-state index contributed by atoms with van der Waals surface area (Å²) in [6.45, 7) is 3.26. The number of carbonyl (C=O) groups is 1. The fourth-order valence-electron chi connectivity index (χ4n) is 4.07. The average molecular weight is 419 g/mol. The molecule has 154 valence electrons. The summed E-state index contributed by atoms with van der Waals surface area (Å²) in [6, 6.07) is 5.66. The zero-order chi connectivity index (χ0) is 20.2. The number of nitrogens with one attached hydrogen (secondary N) is 1. The number of carbonyl (C=O) groups excluding carboxylic acids is 1. The van der Waals surface area contributed by atoms with Gasteiger partial charge < -0.3 is 14.7 Å². The van der Waals surface area contributed by atoms with Crippen LogP contribution in [0.5, 0.6) is 0 Å². The Labute approximate surface area is 173 Å². The Balaban J connectivity index is 1.24. The minimum atomic E-state index is -0.855. The fourth-order valence-corrected chi connectivity index (χ4v) is 4.30. The quantitative estimate of drug-likeness (QED) is 0.757. The highest BCUT2D eigenvalue weighted by Gasteiger charge is 2.45. The van der Waals surface area contributed by atoms with Crippen molar-refractivity contribution in [2.75, 3.05) is 18.4 Å². The second kappa shape index (κ2) is 6.97. The van der Waals surface area contributed by atoms with E-state index < -0.39 is 6.17 Å². The topological polar surface area (TPSA) is 71.3 Å². The van der Waals surface area contributed by atoms with Crippen LogP contribution in [-0.4, -0.2) is 40.3 Å². The predicted molar refractivity (Wildman–Crippen MR) is 107 cm³/mol. The zero-order valence-electron chi connectivity index (χ0n) is 16.3. The Morgan fingerprint density at radius 3 is 2.72 bits per heavy atom. The van der Waals surface area contributed by atoms with Crippen molar-refractivity contribution < 1.29 is 13.7 Å². The molecule has 1 saturated heterocycles. The number of likely N-dealkylation sites (tertiary alicyclic amines) is 1. The Morgan fingerprint density at radius 1 is 1.34 bits per heavy atom. The molecule has 0 spiro atoms. The Bertz CT molecular complexity index is 937. The van der Waals surface area contributed by atoms with E-state index >= 15 is 0 Å². The number of hydrogen-bond donors (Lipinski definition) is 1. The third-order valence-corrected chi connectivity index (χ3v) is 6.78. The van der Waals surface area contributed by atoms with Crippen LogP contribution in [0.4, 0.5) is 14.9 Å². The largest absolute Gasteiger partial charge is 0.339 e. The number of amides is 2. The molecule has 2 atom stereocenters. The molecule has 2 heterocycles. The number of alkyl halides is 1. The first kappa shape index (κ1) is 18.9. The maximum absolute atomic E-state index is 13.2. The number of urea groups is 1. The molecule has 2 amide bonds. The van der Waals surface area contributed by atoms with Crippen LogP contribution in [0.25, 0.3) is 0 Å². The van der Waals surface area contributed by atoms with Crippen molar-refractivity contribution in [2.24, 2.45) is 0 Å². The van der Waals surface area contributed by atoms with Crippen LogP contribution in [0.1, 0.15) is 68.1 Å². The fraction of sp³-hybridized carbons (Fsp3) is 0.571. The molecule has 8 heteroatoms. The molecule has 0 unspecified atom stereocenters. The number of halogens is 2. The molecule has 1 aromatic heterocycles. The van der Waals surface area contributed by atoms with Crippen molar-refractivity contribution in [1.82, 2.24) is 15.0 Å². The summed E-state index contributed by atoms with van der Waals surface area (Å²) < 4.78 is 18.5. The molecule has 0 radical (unpaired) electrons. The molecule has 2 saturated carbocycles. The summed E-state index contributed by atoms with van der Waals surface area (Å²) >= 11 is 6.37. The first-order valence-electron chi connectivity index (χ1n) is 10.3. The lowest BCUT2D eigenvalue weighted by Crippen LogP contribution is -2.46. The molecule has 3 fully saturated rings. The number of aromatic nitrogens is 2. The van der Waals surface area contributed by atoms with Gasteiger partial charge in [-0.3, -0.25) is 0 Å². The summed E-state index contributed by atoms with van der Waals surface area (Å²) in [4.78, 5) is 19.1. The smallest absolute Gasteiger partial charge is 0.321 e. The van der Waals surface area contributed by atoms with Crippen LogP contribution in [0.15, 0.2) is 22.7 Å². The van der Waals surface area contributed by atoms with Crippen molar-refractivity contribution in [2.45, 2.75) is 62.5 Å². The highest BCUT2D eigenvalue weighted by Crippen LogP contribution is 2.46. The molecular weight excluding hydrogens is 395 g/mol. The molecule has 1 aliphatic heterocycles. The number of para-hydroxylation sites is 1. The number of hydrogen-bond acceptors (Lipinski definition) is 4. The maximum Gasteiger partial charge on any atom is 0.321 e. The number of benzene rings is 1. The second-order valence-electron chi connectivity index (χ2n) is 8.77. The highest BCUT2D eigenvalue weighted by molar-refractivity contribution is 6.34. The molecule has 0 bridgehead atoms. The Hall–Kier alpha value is -2.15. The van der Waals surface area contributed by atoms with Gasteiger partial charge in [0.15, 0.2) is 5.82 Å². The Morgan fingerprint density at radius 2 is 2.07 bits per heavy atom. The van der Waals surface area contributed by atoms with Crippen LogP contribution >= 0.6 is 11.6 Å². The van der Waals surface area contributed by atoms with E-state index in [4.69, 9.17) is 16.1 Å². The molecule has 29 heavy (non-hydrogen) atoms. The van der Waals surface area contributed by atoms with Gasteiger partial charge in [0.2, 0.25) is 5.89 Å². The van der Waals surface area contributed by atoms with Crippen molar-refractivity contribution in [3.63, 3.8) is 0 Å².